The van der Waals surface area contributed by atoms with E-state index in [-0.39, 0.29) is 17.0 Å². The van der Waals surface area contributed by atoms with Crippen molar-refractivity contribution in [2.24, 2.45) is 0 Å². The molecule has 2 heterocycles. The quantitative estimate of drug-likeness (QED) is 0.533. The number of alkyl halides is 3. The number of amides is 1. The highest BCUT2D eigenvalue weighted by Crippen LogP contribution is 2.31. The summed E-state index contributed by atoms with van der Waals surface area (Å²) in [7, 11) is 0. The Bertz CT molecular complexity index is 1190. The highest BCUT2D eigenvalue weighted by molar-refractivity contribution is 6.11. The van der Waals surface area contributed by atoms with Crippen LogP contribution in [0.3, 0.4) is 0 Å². The summed E-state index contributed by atoms with van der Waals surface area (Å²) >= 11 is 0. The van der Waals surface area contributed by atoms with Crippen LogP contribution in [0.4, 0.5) is 19.0 Å². The summed E-state index contributed by atoms with van der Waals surface area (Å²) in [6.45, 7) is 0. The van der Waals surface area contributed by atoms with Crippen molar-refractivity contribution >= 4 is 22.6 Å². The third-order valence-electron chi connectivity index (χ3n) is 4.21. The van der Waals surface area contributed by atoms with E-state index in [0.29, 0.717) is 16.7 Å². The van der Waals surface area contributed by atoms with Gasteiger partial charge in [0.2, 0.25) is 0 Å². The zero-order valence-corrected chi connectivity index (χ0v) is 14.8. The number of hydrogen-bond donors (Lipinski definition) is 1. The fourth-order valence-electron chi connectivity index (χ4n) is 2.83. The number of rotatable bonds is 3. The van der Waals surface area contributed by atoms with Crippen LogP contribution < -0.4 is 5.32 Å². The van der Waals surface area contributed by atoms with Crippen molar-refractivity contribution in [2.45, 2.75) is 6.18 Å². The van der Waals surface area contributed by atoms with E-state index < -0.39 is 17.6 Å². The first-order valence-electron chi connectivity index (χ1n) is 8.57. The van der Waals surface area contributed by atoms with Crippen molar-refractivity contribution in [3.8, 4) is 11.4 Å². The Morgan fingerprint density at radius 3 is 2.52 bits per heavy atom. The maximum absolute atomic E-state index is 13.0. The van der Waals surface area contributed by atoms with Gasteiger partial charge in [0, 0.05) is 23.3 Å². The topological polar surface area (TPSA) is 67.8 Å². The molecule has 0 bridgehead atoms. The predicted molar refractivity (Wildman–Crippen MR) is 102 cm³/mol. The molecule has 8 heteroatoms. The van der Waals surface area contributed by atoms with E-state index in [1.165, 1.54) is 18.3 Å². The number of anilines is 1. The van der Waals surface area contributed by atoms with E-state index in [2.05, 4.69) is 20.3 Å². The van der Waals surface area contributed by atoms with E-state index in [0.717, 1.165) is 12.1 Å². The van der Waals surface area contributed by atoms with E-state index in [4.69, 9.17) is 0 Å². The molecule has 0 atom stereocenters. The van der Waals surface area contributed by atoms with E-state index >= 15 is 0 Å². The van der Waals surface area contributed by atoms with Gasteiger partial charge in [0.25, 0.3) is 5.91 Å². The lowest BCUT2D eigenvalue weighted by Crippen LogP contribution is -2.14. The molecule has 0 unspecified atom stereocenters. The second-order valence-electron chi connectivity index (χ2n) is 6.18. The molecule has 0 fully saturated rings. The van der Waals surface area contributed by atoms with Gasteiger partial charge in [0.05, 0.1) is 16.6 Å². The molecule has 5 nitrogen and oxygen atoms in total. The number of halogens is 3. The molecule has 0 aliphatic carbocycles. The molecule has 29 heavy (non-hydrogen) atoms. The molecule has 0 saturated heterocycles. The minimum atomic E-state index is -4.47. The van der Waals surface area contributed by atoms with Crippen LogP contribution in [0.25, 0.3) is 22.3 Å². The largest absolute Gasteiger partial charge is 0.416 e. The molecule has 4 rings (SSSR count). The van der Waals surface area contributed by atoms with Crippen molar-refractivity contribution in [3.05, 3.63) is 84.2 Å². The molecule has 1 N–H and O–H groups in total. The minimum Gasteiger partial charge on any atom is -0.306 e. The average Bonchev–Trinajstić information content (AvgIpc) is 2.73. The number of carbonyl (C=O) groups excluding carboxylic acids is 1. The number of aromatic nitrogens is 3. The van der Waals surface area contributed by atoms with Crippen LogP contribution in [0.1, 0.15) is 15.9 Å². The Labute approximate surface area is 163 Å². The van der Waals surface area contributed by atoms with Crippen LogP contribution in [0.5, 0.6) is 0 Å². The molecular formula is C21H13F3N4O. The van der Waals surface area contributed by atoms with Gasteiger partial charge in [-0.3, -0.25) is 4.79 Å². The SMILES string of the molecule is O=C(Nc1ccccn1)c1cccc2cnc(-c3cccc(C(F)(F)F)c3)nc12. The molecule has 0 spiro atoms. The summed E-state index contributed by atoms with van der Waals surface area (Å²) in [6.07, 6.45) is -1.44. The number of carbonyl (C=O) groups is 1. The van der Waals surface area contributed by atoms with Gasteiger partial charge in [0.15, 0.2) is 5.82 Å². The van der Waals surface area contributed by atoms with Gasteiger partial charge in [-0.2, -0.15) is 13.2 Å². The lowest BCUT2D eigenvalue weighted by molar-refractivity contribution is -0.137. The van der Waals surface area contributed by atoms with Gasteiger partial charge < -0.3 is 5.32 Å². The van der Waals surface area contributed by atoms with Crippen molar-refractivity contribution in [3.63, 3.8) is 0 Å². The second-order valence-corrected chi connectivity index (χ2v) is 6.18. The molecule has 144 valence electrons. The summed E-state index contributed by atoms with van der Waals surface area (Å²) < 4.78 is 39.0. The molecule has 0 aliphatic heterocycles. The molecular weight excluding hydrogens is 381 g/mol. The maximum Gasteiger partial charge on any atom is 0.416 e. The Hall–Kier alpha value is -3.81. The summed E-state index contributed by atoms with van der Waals surface area (Å²) in [4.78, 5) is 25.3. The lowest BCUT2D eigenvalue weighted by atomic mass is 10.1. The van der Waals surface area contributed by atoms with E-state index in [1.807, 2.05) is 0 Å². The van der Waals surface area contributed by atoms with Crippen molar-refractivity contribution in [1.82, 2.24) is 15.0 Å². The summed E-state index contributed by atoms with van der Waals surface area (Å²) in [5.74, 6) is 0.0475. The van der Waals surface area contributed by atoms with Crippen LogP contribution in [0.15, 0.2) is 73.1 Å². The number of para-hydroxylation sites is 1. The number of fused-ring (bicyclic) bond motifs is 1. The fourth-order valence-corrected chi connectivity index (χ4v) is 2.83. The number of nitrogens with one attached hydrogen (secondary N) is 1. The Morgan fingerprint density at radius 1 is 0.931 bits per heavy atom. The minimum absolute atomic E-state index is 0.0988. The van der Waals surface area contributed by atoms with Crippen molar-refractivity contribution < 1.29 is 18.0 Å². The van der Waals surface area contributed by atoms with Gasteiger partial charge >= 0.3 is 6.18 Å². The van der Waals surface area contributed by atoms with Gasteiger partial charge in [-0.1, -0.05) is 30.3 Å². The lowest BCUT2D eigenvalue weighted by Gasteiger charge is -2.10. The third-order valence-corrected chi connectivity index (χ3v) is 4.21. The smallest absolute Gasteiger partial charge is 0.306 e. The zero-order chi connectivity index (χ0) is 20.4. The number of nitrogens with zero attached hydrogens (tertiary/aromatic N) is 3. The van der Waals surface area contributed by atoms with Crippen LogP contribution in [0, 0.1) is 0 Å². The van der Waals surface area contributed by atoms with Crippen molar-refractivity contribution in [1.29, 1.82) is 0 Å². The molecule has 2 aromatic carbocycles. The monoisotopic (exact) mass is 394 g/mol. The van der Waals surface area contributed by atoms with Crippen LogP contribution in [-0.4, -0.2) is 20.9 Å². The van der Waals surface area contributed by atoms with Crippen molar-refractivity contribution in [2.75, 3.05) is 5.32 Å². The standard InChI is InChI=1S/C21H13F3N4O/c22-21(23,24)15-7-3-5-13(11-15)19-26-12-14-6-4-8-16(18(14)28-19)20(29)27-17-9-1-2-10-25-17/h1-12H,(H,25,27,29). The molecule has 4 aromatic rings. The Balaban J connectivity index is 1.76. The summed E-state index contributed by atoms with van der Waals surface area (Å²) in [5, 5.41) is 3.27. The van der Waals surface area contributed by atoms with Gasteiger partial charge in [-0.05, 0) is 30.3 Å². The average molecular weight is 394 g/mol. The molecule has 0 aliphatic rings. The fraction of sp³-hybridized carbons (Fsp3) is 0.0476. The summed E-state index contributed by atoms with van der Waals surface area (Å²) in [6, 6.07) is 14.9. The number of benzene rings is 2. The number of pyridine rings is 1. The van der Waals surface area contributed by atoms with Gasteiger partial charge in [-0.15, -0.1) is 0 Å². The van der Waals surface area contributed by atoms with Gasteiger partial charge in [0.1, 0.15) is 5.82 Å². The van der Waals surface area contributed by atoms with Gasteiger partial charge in [-0.25, -0.2) is 15.0 Å². The predicted octanol–water partition coefficient (Wildman–Crippen LogP) is 4.96. The third kappa shape index (κ3) is 3.91. The molecule has 1 amide bonds. The normalized spacial score (nSPS) is 11.4. The van der Waals surface area contributed by atoms with Crippen LogP contribution >= 0.6 is 0 Å². The highest BCUT2D eigenvalue weighted by atomic mass is 19.4. The first-order chi connectivity index (χ1) is 13.9. The number of hydrogen-bond acceptors (Lipinski definition) is 4. The van der Waals surface area contributed by atoms with E-state index in [1.54, 1.807) is 42.6 Å². The first-order valence-corrected chi connectivity index (χ1v) is 8.57. The Kier molecular flexibility index (Phi) is 4.67. The van der Waals surface area contributed by atoms with E-state index in [9.17, 15) is 18.0 Å². The zero-order valence-electron chi connectivity index (χ0n) is 14.8. The molecule has 2 aromatic heterocycles. The molecule has 0 radical (unpaired) electrons. The Morgan fingerprint density at radius 2 is 1.76 bits per heavy atom. The highest BCUT2D eigenvalue weighted by Gasteiger charge is 2.30. The first kappa shape index (κ1) is 18.5. The summed E-state index contributed by atoms with van der Waals surface area (Å²) in [5.41, 5.74) is 0.0219. The maximum atomic E-state index is 13.0. The second kappa shape index (κ2) is 7.31. The van der Waals surface area contributed by atoms with Crippen LogP contribution in [-0.2, 0) is 6.18 Å². The van der Waals surface area contributed by atoms with Crippen LogP contribution in [0.2, 0.25) is 0 Å². The molecule has 0 saturated carbocycles.